The topological polar surface area (TPSA) is 107 Å². The molecule has 0 spiro atoms. The molecule has 0 saturated carbocycles. The SMILES string of the molecule is CN1CCN(c2ccc(Nc3ncc4c(n3)NCC=C4c3ccn4ncc(C(=O)N5CCCCC5)c4c3)cn2)CC1. The van der Waals surface area contributed by atoms with E-state index in [9.17, 15) is 4.79 Å². The fraction of sp³-hybridized carbons (Fsp3) is 0.367. The van der Waals surface area contributed by atoms with Gasteiger partial charge in [0, 0.05) is 63.8 Å². The summed E-state index contributed by atoms with van der Waals surface area (Å²) in [5.74, 6) is 2.32. The standard InChI is InChI=1S/C30H34N10O/c1-37-13-15-38(16-14-37)27-6-5-22(18-32-27)35-30-33-19-24-23(7-9-31-28(24)36-30)21-8-12-40-26(17-21)25(20-34-40)29(41)39-10-3-2-4-11-39/h5-8,12,17-20H,2-4,9-11,13-16H2,1H3,(H2,31,33,35,36). The van der Waals surface area contributed by atoms with Crippen molar-refractivity contribution in [3.63, 3.8) is 0 Å². The smallest absolute Gasteiger partial charge is 0.257 e. The van der Waals surface area contributed by atoms with Crippen molar-refractivity contribution in [3.8, 4) is 0 Å². The van der Waals surface area contributed by atoms with E-state index in [0.29, 0.717) is 18.1 Å². The average Bonchev–Trinajstić information content (AvgIpc) is 3.45. The van der Waals surface area contributed by atoms with Crippen LogP contribution in [0.1, 0.15) is 40.7 Å². The van der Waals surface area contributed by atoms with E-state index < -0.39 is 0 Å². The van der Waals surface area contributed by atoms with Gasteiger partial charge in [-0.2, -0.15) is 10.1 Å². The number of rotatable bonds is 5. The van der Waals surface area contributed by atoms with Gasteiger partial charge in [0.2, 0.25) is 5.95 Å². The molecule has 0 radical (unpaired) electrons. The first-order chi connectivity index (χ1) is 20.1. The van der Waals surface area contributed by atoms with Crippen molar-refractivity contribution < 1.29 is 4.79 Å². The molecule has 41 heavy (non-hydrogen) atoms. The molecule has 3 aliphatic rings. The number of pyridine rings is 2. The van der Waals surface area contributed by atoms with Gasteiger partial charge in [-0.05, 0) is 61.7 Å². The second kappa shape index (κ2) is 10.8. The van der Waals surface area contributed by atoms with Gasteiger partial charge in [0.15, 0.2) is 0 Å². The monoisotopic (exact) mass is 550 g/mol. The average molecular weight is 551 g/mol. The first-order valence-corrected chi connectivity index (χ1v) is 14.4. The lowest BCUT2D eigenvalue weighted by molar-refractivity contribution is 0.0726. The highest BCUT2D eigenvalue weighted by Crippen LogP contribution is 2.33. The Labute approximate surface area is 238 Å². The van der Waals surface area contributed by atoms with E-state index in [-0.39, 0.29) is 5.91 Å². The molecule has 11 heteroatoms. The van der Waals surface area contributed by atoms with Crippen molar-refractivity contribution in [1.82, 2.24) is 34.4 Å². The molecule has 11 nitrogen and oxygen atoms in total. The number of piperazine rings is 1. The number of fused-ring (bicyclic) bond motifs is 2. The summed E-state index contributed by atoms with van der Waals surface area (Å²) in [7, 11) is 2.15. The summed E-state index contributed by atoms with van der Waals surface area (Å²) in [5.41, 5.74) is 5.24. The summed E-state index contributed by atoms with van der Waals surface area (Å²) >= 11 is 0. The number of aromatic nitrogens is 5. The third kappa shape index (κ3) is 5.08. The van der Waals surface area contributed by atoms with Crippen molar-refractivity contribution in [2.75, 3.05) is 68.4 Å². The molecular weight excluding hydrogens is 516 g/mol. The highest BCUT2D eigenvalue weighted by molar-refractivity contribution is 6.01. The Bertz CT molecular complexity index is 1600. The second-order valence-electron chi connectivity index (χ2n) is 10.9. The molecule has 2 N–H and O–H groups in total. The summed E-state index contributed by atoms with van der Waals surface area (Å²) in [6.45, 7) is 6.31. The van der Waals surface area contributed by atoms with E-state index in [0.717, 1.165) is 91.7 Å². The normalized spacial score (nSPS) is 17.6. The lowest BCUT2D eigenvalue weighted by Gasteiger charge is -2.33. The lowest BCUT2D eigenvalue weighted by atomic mass is 9.97. The number of carbonyl (C=O) groups excluding carboxylic acids is 1. The van der Waals surface area contributed by atoms with E-state index in [1.165, 1.54) is 6.42 Å². The van der Waals surface area contributed by atoms with Crippen LogP contribution >= 0.6 is 0 Å². The van der Waals surface area contributed by atoms with Gasteiger partial charge in [0.05, 0.1) is 29.2 Å². The zero-order chi connectivity index (χ0) is 27.8. The predicted octanol–water partition coefficient (Wildman–Crippen LogP) is 3.50. The number of nitrogens with zero attached hydrogens (tertiary/aromatic N) is 8. The van der Waals surface area contributed by atoms with E-state index in [1.807, 2.05) is 47.8 Å². The van der Waals surface area contributed by atoms with E-state index in [2.05, 4.69) is 48.6 Å². The highest BCUT2D eigenvalue weighted by Gasteiger charge is 2.23. The third-order valence-corrected chi connectivity index (χ3v) is 8.19. The number of hydrogen-bond donors (Lipinski definition) is 2. The Kier molecular flexibility index (Phi) is 6.71. The molecule has 4 aromatic rings. The third-order valence-electron chi connectivity index (χ3n) is 8.19. The van der Waals surface area contributed by atoms with Gasteiger partial charge in [-0.3, -0.25) is 4.79 Å². The van der Waals surface area contributed by atoms with Crippen LogP contribution < -0.4 is 15.5 Å². The second-order valence-corrected chi connectivity index (χ2v) is 10.9. The predicted molar refractivity (Wildman–Crippen MR) is 160 cm³/mol. The summed E-state index contributed by atoms with van der Waals surface area (Å²) in [6.07, 6.45) is 12.7. The molecule has 4 aromatic heterocycles. The highest BCUT2D eigenvalue weighted by atomic mass is 16.2. The van der Waals surface area contributed by atoms with Crippen molar-refractivity contribution in [2.45, 2.75) is 19.3 Å². The summed E-state index contributed by atoms with van der Waals surface area (Å²) in [5, 5.41) is 11.1. The first kappa shape index (κ1) is 25.5. The maximum absolute atomic E-state index is 13.3. The molecule has 0 aromatic carbocycles. The molecule has 0 unspecified atom stereocenters. The van der Waals surface area contributed by atoms with E-state index >= 15 is 0 Å². The molecular formula is C30H34N10O. The van der Waals surface area contributed by atoms with Crippen molar-refractivity contribution in [3.05, 3.63) is 71.8 Å². The summed E-state index contributed by atoms with van der Waals surface area (Å²) in [6, 6.07) is 8.13. The van der Waals surface area contributed by atoms with Crippen LogP contribution in [0.4, 0.5) is 23.3 Å². The number of carbonyl (C=O) groups is 1. The zero-order valence-corrected chi connectivity index (χ0v) is 23.3. The number of likely N-dealkylation sites (tertiary alicyclic amines) is 1. The van der Waals surface area contributed by atoms with Crippen molar-refractivity contribution in [1.29, 1.82) is 0 Å². The molecule has 0 atom stereocenters. The van der Waals surface area contributed by atoms with Gasteiger partial charge in [0.1, 0.15) is 11.6 Å². The van der Waals surface area contributed by atoms with Crippen molar-refractivity contribution >= 4 is 40.3 Å². The van der Waals surface area contributed by atoms with Gasteiger partial charge < -0.3 is 25.3 Å². The molecule has 0 bridgehead atoms. The molecule has 210 valence electrons. The lowest BCUT2D eigenvalue weighted by Crippen LogP contribution is -2.44. The summed E-state index contributed by atoms with van der Waals surface area (Å²) < 4.78 is 1.77. The number of likely N-dealkylation sites (N-methyl/N-ethyl adjacent to an activating group) is 1. The van der Waals surface area contributed by atoms with Crippen LogP contribution in [0.2, 0.25) is 0 Å². The van der Waals surface area contributed by atoms with E-state index in [4.69, 9.17) is 4.98 Å². The van der Waals surface area contributed by atoms with Crippen molar-refractivity contribution in [2.24, 2.45) is 0 Å². The molecule has 3 aliphatic heterocycles. The number of anilines is 4. The Hall–Kier alpha value is -4.51. The van der Waals surface area contributed by atoms with E-state index in [1.54, 1.807) is 10.7 Å². The van der Waals surface area contributed by atoms with Crippen LogP contribution in [-0.2, 0) is 0 Å². The number of hydrogen-bond acceptors (Lipinski definition) is 9. The van der Waals surface area contributed by atoms with Crippen LogP contribution in [0, 0.1) is 0 Å². The summed E-state index contributed by atoms with van der Waals surface area (Å²) in [4.78, 5) is 33.9. The quantitative estimate of drug-likeness (QED) is 0.386. The Morgan fingerprint density at radius 1 is 0.951 bits per heavy atom. The van der Waals surface area contributed by atoms with Gasteiger partial charge in [-0.1, -0.05) is 6.08 Å². The molecule has 7 rings (SSSR count). The van der Waals surface area contributed by atoms with Gasteiger partial charge in [-0.15, -0.1) is 0 Å². The van der Waals surface area contributed by atoms with Gasteiger partial charge in [0.25, 0.3) is 5.91 Å². The molecule has 1 amide bonds. The molecule has 7 heterocycles. The molecule has 2 saturated heterocycles. The first-order valence-electron chi connectivity index (χ1n) is 14.4. The Balaban J connectivity index is 1.10. The van der Waals surface area contributed by atoms with Crippen LogP contribution in [0.5, 0.6) is 0 Å². The minimum Gasteiger partial charge on any atom is -0.366 e. The van der Waals surface area contributed by atoms with Crippen LogP contribution in [0.15, 0.2) is 55.1 Å². The Morgan fingerprint density at radius 3 is 2.61 bits per heavy atom. The maximum Gasteiger partial charge on any atom is 0.257 e. The van der Waals surface area contributed by atoms with Crippen LogP contribution in [0.25, 0.3) is 11.1 Å². The number of nitrogens with one attached hydrogen (secondary N) is 2. The fourth-order valence-corrected chi connectivity index (χ4v) is 5.80. The molecule has 2 fully saturated rings. The van der Waals surface area contributed by atoms with Gasteiger partial charge >= 0.3 is 0 Å². The largest absolute Gasteiger partial charge is 0.366 e. The number of amides is 1. The minimum absolute atomic E-state index is 0.0571. The number of piperidine rings is 1. The van der Waals surface area contributed by atoms with Gasteiger partial charge in [-0.25, -0.2) is 14.5 Å². The zero-order valence-electron chi connectivity index (χ0n) is 23.3. The maximum atomic E-state index is 13.3. The minimum atomic E-state index is 0.0571. The Morgan fingerprint density at radius 2 is 1.80 bits per heavy atom. The fourth-order valence-electron chi connectivity index (χ4n) is 5.80. The van der Waals surface area contributed by atoms with Crippen LogP contribution in [0.3, 0.4) is 0 Å². The van der Waals surface area contributed by atoms with Crippen LogP contribution in [-0.4, -0.2) is 93.1 Å². The molecule has 0 aliphatic carbocycles.